The Bertz CT molecular complexity index is 617. The van der Waals surface area contributed by atoms with Crippen molar-refractivity contribution in [3.05, 3.63) is 29.3 Å². The van der Waals surface area contributed by atoms with Crippen LogP contribution in [0.15, 0.2) is 18.2 Å². The summed E-state index contributed by atoms with van der Waals surface area (Å²) in [6.45, 7) is 6.25. The third kappa shape index (κ3) is 6.52. The van der Waals surface area contributed by atoms with Crippen LogP contribution in [0.25, 0.3) is 0 Å². The number of alkyl halides is 3. The Morgan fingerprint density at radius 2 is 2.12 bits per heavy atom. The van der Waals surface area contributed by atoms with Crippen molar-refractivity contribution in [2.75, 3.05) is 32.8 Å². The molecule has 0 aliphatic carbocycles. The molecule has 1 heterocycles. The van der Waals surface area contributed by atoms with E-state index in [1.165, 1.54) is 4.90 Å². The second-order valence-electron chi connectivity index (χ2n) is 7.29. The monoisotopic (exact) mass is 372 g/mol. The average molecular weight is 372 g/mol. The molecule has 0 bridgehead atoms. The molecule has 1 atom stereocenters. The molecule has 1 aliphatic heterocycles. The molecule has 4 nitrogen and oxygen atoms in total. The maximum atomic E-state index is 12.4. The molecule has 7 heteroatoms. The van der Waals surface area contributed by atoms with Crippen LogP contribution in [-0.4, -0.2) is 49.8 Å². The van der Waals surface area contributed by atoms with E-state index in [-0.39, 0.29) is 24.3 Å². The number of aryl methyl sites for hydroxylation is 1. The van der Waals surface area contributed by atoms with Crippen LogP contribution in [0.2, 0.25) is 0 Å². The van der Waals surface area contributed by atoms with Crippen LogP contribution < -0.4 is 10.1 Å². The van der Waals surface area contributed by atoms with Gasteiger partial charge >= 0.3 is 6.18 Å². The van der Waals surface area contributed by atoms with Gasteiger partial charge in [0.05, 0.1) is 6.54 Å². The Labute approximate surface area is 152 Å². The van der Waals surface area contributed by atoms with Gasteiger partial charge in [-0.2, -0.15) is 13.2 Å². The van der Waals surface area contributed by atoms with E-state index < -0.39 is 12.7 Å². The molecule has 1 aromatic carbocycles. The summed E-state index contributed by atoms with van der Waals surface area (Å²) in [6.07, 6.45) is -3.51. The summed E-state index contributed by atoms with van der Waals surface area (Å²) in [4.78, 5) is 13.4. The van der Waals surface area contributed by atoms with Gasteiger partial charge in [0.25, 0.3) is 5.91 Å². The first-order chi connectivity index (χ1) is 12.1. The van der Waals surface area contributed by atoms with Gasteiger partial charge in [0.15, 0.2) is 6.61 Å². The van der Waals surface area contributed by atoms with E-state index in [9.17, 15) is 18.0 Å². The number of amides is 1. The molecule has 0 radical (unpaired) electrons. The predicted octanol–water partition coefficient (Wildman–Crippen LogP) is 3.50. The molecule has 1 N–H and O–H groups in total. The number of nitrogens with one attached hydrogen (secondary N) is 1. The standard InChI is InChI=1S/C19H27F3N2O2/c1-13(2)16-5-4-14(3)8-17(16)26-11-18(25)23-9-15-6-7-24(10-15)12-19(20,21)22/h4-5,8,13,15H,6-7,9-12H2,1-3H3,(H,23,25). The fourth-order valence-electron chi connectivity index (χ4n) is 3.17. The Morgan fingerprint density at radius 3 is 2.77 bits per heavy atom. The summed E-state index contributed by atoms with van der Waals surface area (Å²) in [5, 5.41) is 2.77. The molecule has 0 saturated carbocycles. The van der Waals surface area contributed by atoms with Gasteiger partial charge in [-0.05, 0) is 48.9 Å². The summed E-state index contributed by atoms with van der Waals surface area (Å²) in [6, 6.07) is 5.92. The van der Waals surface area contributed by atoms with Gasteiger partial charge in [-0.15, -0.1) is 0 Å². The van der Waals surface area contributed by atoms with Crippen LogP contribution in [0.4, 0.5) is 13.2 Å². The highest BCUT2D eigenvalue weighted by atomic mass is 19.4. The zero-order chi connectivity index (χ0) is 19.3. The maximum absolute atomic E-state index is 12.4. The molecule has 146 valence electrons. The van der Waals surface area contributed by atoms with Crippen molar-refractivity contribution in [3.63, 3.8) is 0 Å². The molecule has 26 heavy (non-hydrogen) atoms. The normalized spacial score (nSPS) is 18.3. The van der Waals surface area contributed by atoms with E-state index >= 15 is 0 Å². The third-order valence-corrected chi connectivity index (χ3v) is 4.51. The molecule has 2 rings (SSSR count). The molecule has 1 aliphatic rings. The minimum atomic E-state index is -4.17. The third-order valence-electron chi connectivity index (χ3n) is 4.51. The van der Waals surface area contributed by atoms with Crippen LogP contribution in [0.3, 0.4) is 0 Å². The fraction of sp³-hybridized carbons (Fsp3) is 0.632. The molecule has 1 aromatic rings. The molecule has 1 fully saturated rings. The number of nitrogens with zero attached hydrogens (tertiary/aromatic N) is 1. The van der Waals surface area contributed by atoms with Crippen molar-refractivity contribution in [2.45, 2.75) is 39.3 Å². The van der Waals surface area contributed by atoms with E-state index in [0.717, 1.165) is 11.1 Å². The van der Waals surface area contributed by atoms with E-state index in [0.29, 0.717) is 31.8 Å². The summed E-state index contributed by atoms with van der Waals surface area (Å²) in [7, 11) is 0. The van der Waals surface area contributed by atoms with Crippen LogP contribution >= 0.6 is 0 Å². The number of halogens is 3. The van der Waals surface area contributed by atoms with Crippen LogP contribution in [0.5, 0.6) is 5.75 Å². The first kappa shape index (κ1) is 20.6. The summed E-state index contributed by atoms with van der Waals surface area (Å²) >= 11 is 0. The minimum Gasteiger partial charge on any atom is -0.483 e. The Balaban J connectivity index is 1.76. The number of hydrogen-bond acceptors (Lipinski definition) is 3. The van der Waals surface area contributed by atoms with Crippen molar-refractivity contribution in [1.82, 2.24) is 10.2 Å². The molecule has 0 aromatic heterocycles. The topological polar surface area (TPSA) is 41.6 Å². The fourth-order valence-corrected chi connectivity index (χ4v) is 3.17. The molecule has 1 unspecified atom stereocenters. The van der Waals surface area contributed by atoms with Crippen LogP contribution in [0, 0.1) is 12.8 Å². The highest BCUT2D eigenvalue weighted by molar-refractivity contribution is 5.77. The maximum Gasteiger partial charge on any atom is 0.401 e. The van der Waals surface area contributed by atoms with Crippen molar-refractivity contribution >= 4 is 5.91 Å². The smallest absolute Gasteiger partial charge is 0.401 e. The number of likely N-dealkylation sites (tertiary alicyclic amines) is 1. The van der Waals surface area contributed by atoms with Gasteiger partial charge in [-0.3, -0.25) is 9.69 Å². The first-order valence-electron chi connectivity index (χ1n) is 8.93. The zero-order valence-corrected chi connectivity index (χ0v) is 15.5. The lowest BCUT2D eigenvalue weighted by molar-refractivity contribution is -0.143. The number of carbonyl (C=O) groups is 1. The van der Waals surface area contributed by atoms with Crippen molar-refractivity contribution in [3.8, 4) is 5.75 Å². The summed E-state index contributed by atoms with van der Waals surface area (Å²) in [5.74, 6) is 0.779. The molecule has 1 amide bonds. The average Bonchev–Trinajstić information content (AvgIpc) is 2.96. The lowest BCUT2D eigenvalue weighted by Gasteiger charge is -2.18. The van der Waals surface area contributed by atoms with Crippen molar-refractivity contribution in [1.29, 1.82) is 0 Å². The molecule has 1 saturated heterocycles. The molecule has 0 spiro atoms. The Morgan fingerprint density at radius 1 is 1.38 bits per heavy atom. The van der Waals surface area contributed by atoms with Gasteiger partial charge in [0, 0.05) is 13.1 Å². The van der Waals surface area contributed by atoms with Crippen molar-refractivity contribution < 1.29 is 22.7 Å². The molecular weight excluding hydrogens is 345 g/mol. The van der Waals surface area contributed by atoms with E-state index in [1.54, 1.807) is 0 Å². The van der Waals surface area contributed by atoms with Crippen molar-refractivity contribution in [2.24, 2.45) is 5.92 Å². The predicted molar refractivity (Wildman–Crippen MR) is 94.4 cm³/mol. The van der Waals surface area contributed by atoms with Gasteiger partial charge in [-0.25, -0.2) is 0 Å². The van der Waals surface area contributed by atoms with Gasteiger partial charge in [0.2, 0.25) is 0 Å². The van der Waals surface area contributed by atoms with Gasteiger partial charge in [-0.1, -0.05) is 26.0 Å². The highest BCUT2D eigenvalue weighted by Crippen LogP contribution is 2.27. The number of benzene rings is 1. The number of hydrogen-bond donors (Lipinski definition) is 1. The minimum absolute atomic E-state index is 0.0477. The summed E-state index contributed by atoms with van der Waals surface area (Å²) < 4.78 is 42.9. The Hall–Kier alpha value is -1.76. The second kappa shape index (κ2) is 8.75. The van der Waals surface area contributed by atoms with E-state index in [4.69, 9.17) is 4.74 Å². The quantitative estimate of drug-likeness (QED) is 0.797. The molecular formula is C19H27F3N2O2. The first-order valence-corrected chi connectivity index (χ1v) is 8.93. The van der Waals surface area contributed by atoms with E-state index in [2.05, 4.69) is 19.2 Å². The zero-order valence-electron chi connectivity index (χ0n) is 15.5. The lowest BCUT2D eigenvalue weighted by Crippen LogP contribution is -2.36. The lowest BCUT2D eigenvalue weighted by atomic mass is 10.0. The van der Waals surface area contributed by atoms with Gasteiger partial charge in [0.1, 0.15) is 5.75 Å². The number of rotatable bonds is 7. The van der Waals surface area contributed by atoms with Gasteiger partial charge < -0.3 is 10.1 Å². The largest absolute Gasteiger partial charge is 0.483 e. The number of ether oxygens (including phenoxy) is 1. The van der Waals surface area contributed by atoms with Crippen LogP contribution in [-0.2, 0) is 4.79 Å². The van der Waals surface area contributed by atoms with Crippen LogP contribution in [0.1, 0.15) is 37.3 Å². The van der Waals surface area contributed by atoms with E-state index in [1.807, 2.05) is 25.1 Å². The second-order valence-corrected chi connectivity index (χ2v) is 7.29. The summed E-state index contributed by atoms with van der Waals surface area (Å²) in [5.41, 5.74) is 2.10. The highest BCUT2D eigenvalue weighted by Gasteiger charge is 2.34. The SMILES string of the molecule is Cc1ccc(C(C)C)c(OCC(=O)NCC2CCN(CC(F)(F)F)C2)c1. The number of carbonyl (C=O) groups excluding carboxylic acids is 1. The Kier molecular flexibility index (Phi) is 6.92.